The summed E-state index contributed by atoms with van der Waals surface area (Å²) >= 11 is 0. The van der Waals surface area contributed by atoms with Gasteiger partial charge in [0.1, 0.15) is 5.82 Å². The number of ketones is 1. The third-order valence-corrected chi connectivity index (χ3v) is 2.99. The van der Waals surface area contributed by atoms with Crippen molar-refractivity contribution in [2.45, 2.75) is 19.8 Å². The number of carbonyl (C=O) groups is 1. The molecule has 1 aromatic heterocycles. The summed E-state index contributed by atoms with van der Waals surface area (Å²) in [4.78, 5) is 16.1. The summed E-state index contributed by atoms with van der Waals surface area (Å²) in [6.07, 6.45) is 3.26. The lowest BCUT2D eigenvalue weighted by Gasteiger charge is -2.11. The Morgan fingerprint density at radius 2 is 1.89 bits per heavy atom. The molecule has 0 aliphatic rings. The topological polar surface area (TPSA) is 30.0 Å². The highest BCUT2D eigenvalue weighted by atomic mass is 19.1. The van der Waals surface area contributed by atoms with Crippen LogP contribution >= 0.6 is 0 Å². The van der Waals surface area contributed by atoms with Gasteiger partial charge in [0.25, 0.3) is 0 Å². The maximum atomic E-state index is 13.7. The SMILES string of the molecule is Cc1ccc(C(=O)C(C)c2ccncc2)c(F)c1. The Morgan fingerprint density at radius 3 is 2.50 bits per heavy atom. The van der Waals surface area contributed by atoms with Gasteiger partial charge < -0.3 is 0 Å². The summed E-state index contributed by atoms with van der Waals surface area (Å²) in [7, 11) is 0. The van der Waals surface area contributed by atoms with Gasteiger partial charge in [-0.05, 0) is 42.3 Å². The molecule has 0 aliphatic heterocycles. The van der Waals surface area contributed by atoms with Crippen molar-refractivity contribution in [2.24, 2.45) is 0 Å². The molecule has 3 heteroatoms. The average molecular weight is 243 g/mol. The van der Waals surface area contributed by atoms with Gasteiger partial charge in [0, 0.05) is 18.3 Å². The summed E-state index contributed by atoms with van der Waals surface area (Å²) < 4.78 is 13.7. The summed E-state index contributed by atoms with van der Waals surface area (Å²) in [6, 6.07) is 8.22. The van der Waals surface area contributed by atoms with E-state index in [9.17, 15) is 9.18 Å². The van der Waals surface area contributed by atoms with E-state index in [2.05, 4.69) is 4.98 Å². The van der Waals surface area contributed by atoms with Crippen LogP contribution in [0.4, 0.5) is 4.39 Å². The first-order valence-corrected chi connectivity index (χ1v) is 5.80. The Bertz CT molecular complexity index is 566. The Kier molecular flexibility index (Phi) is 3.51. The predicted molar refractivity (Wildman–Crippen MR) is 68.1 cm³/mol. The van der Waals surface area contributed by atoms with Crippen LogP contribution < -0.4 is 0 Å². The number of carbonyl (C=O) groups excluding carboxylic acids is 1. The van der Waals surface area contributed by atoms with Crippen LogP contribution in [0, 0.1) is 12.7 Å². The van der Waals surface area contributed by atoms with Crippen LogP contribution in [0.5, 0.6) is 0 Å². The molecule has 1 atom stereocenters. The summed E-state index contributed by atoms with van der Waals surface area (Å²) in [6.45, 7) is 3.57. The zero-order chi connectivity index (χ0) is 13.1. The maximum Gasteiger partial charge on any atom is 0.172 e. The second kappa shape index (κ2) is 5.08. The Hall–Kier alpha value is -2.03. The number of nitrogens with zero attached hydrogens (tertiary/aromatic N) is 1. The Morgan fingerprint density at radius 1 is 1.22 bits per heavy atom. The zero-order valence-corrected chi connectivity index (χ0v) is 10.4. The van der Waals surface area contributed by atoms with Gasteiger partial charge in [0.2, 0.25) is 0 Å². The van der Waals surface area contributed by atoms with E-state index in [1.165, 1.54) is 6.07 Å². The lowest BCUT2D eigenvalue weighted by Crippen LogP contribution is -2.11. The van der Waals surface area contributed by atoms with E-state index in [1.54, 1.807) is 50.5 Å². The molecular formula is C15H14FNO. The lowest BCUT2D eigenvalue weighted by molar-refractivity contribution is 0.0962. The third-order valence-electron chi connectivity index (χ3n) is 2.99. The number of hydrogen-bond acceptors (Lipinski definition) is 2. The van der Waals surface area contributed by atoms with Crippen LogP contribution in [0.3, 0.4) is 0 Å². The summed E-state index contributed by atoms with van der Waals surface area (Å²) in [5.41, 5.74) is 1.79. The van der Waals surface area contributed by atoms with Crippen LogP contribution in [0.2, 0.25) is 0 Å². The maximum absolute atomic E-state index is 13.7. The molecule has 0 spiro atoms. The van der Waals surface area contributed by atoms with Crippen LogP contribution in [0.25, 0.3) is 0 Å². The highest BCUT2D eigenvalue weighted by molar-refractivity contribution is 6.00. The number of benzene rings is 1. The van der Waals surface area contributed by atoms with Gasteiger partial charge in [-0.3, -0.25) is 9.78 Å². The van der Waals surface area contributed by atoms with Crippen molar-refractivity contribution < 1.29 is 9.18 Å². The minimum absolute atomic E-state index is 0.143. The van der Waals surface area contributed by atoms with Crippen LogP contribution in [-0.4, -0.2) is 10.8 Å². The lowest BCUT2D eigenvalue weighted by atomic mass is 9.92. The van der Waals surface area contributed by atoms with E-state index in [0.717, 1.165) is 11.1 Å². The number of hydrogen-bond donors (Lipinski definition) is 0. The van der Waals surface area contributed by atoms with Crippen molar-refractivity contribution in [3.05, 3.63) is 65.2 Å². The molecule has 0 bridgehead atoms. The van der Waals surface area contributed by atoms with Gasteiger partial charge in [-0.15, -0.1) is 0 Å². The number of pyridine rings is 1. The molecule has 0 saturated heterocycles. The molecule has 0 amide bonds. The highest BCUT2D eigenvalue weighted by Gasteiger charge is 2.20. The van der Waals surface area contributed by atoms with Crippen LogP contribution in [0.1, 0.15) is 34.3 Å². The third kappa shape index (κ3) is 2.45. The average Bonchev–Trinajstić information content (AvgIpc) is 2.38. The van der Waals surface area contributed by atoms with E-state index in [1.807, 2.05) is 0 Å². The monoisotopic (exact) mass is 243 g/mol. The molecule has 92 valence electrons. The van der Waals surface area contributed by atoms with Crippen molar-refractivity contribution in [3.63, 3.8) is 0 Å². The molecule has 1 aromatic carbocycles. The second-order valence-electron chi connectivity index (χ2n) is 4.35. The standard InChI is InChI=1S/C15H14FNO/c1-10-3-4-13(14(16)9-10)15(18)11(2)12-5-7-17-8-6-12/h3-9,11H,1-2H3. The smallest absolute Gasteiger partial charge is 0.172 e. The number of Topliss-reactive ketones (excluding diaryl/α,β-unsaturated/α-hetero) is 1. The minimum atomic E-state index is -0.457. The van der Waals surface area contributed by atoms with E-state index >= 15 is 0 Å². The van der Waals surface area contributed by atoms with Crippen molar-refractivity contribution in [2.75, 3.05) is 0 Å². The van der Waals surface area contributed by atoms with E-state index in [0.29, 0.717) is 0 Å². The van der Waals surface area contributed by atoms with Crippen LogP contribution in [0.15, 0.2) is 42.7 Å². The zero-order valence-electron chi connectivity index (χ0n) is 10.4. The summed E-state index contributed by atoms with van der Waals surface area (Å²) in [5, 5.41) is 0. The first kappa shape index (κ1) is 12.4. The van der Waals surface area contributed by atoms with Gasteiger partial charge in [-0.25, -0.2) is 4.39 Å². The van der Waals surface area contributed by atoms with Gasteiger partial charge in [-0.2, -0.15) is 0 Å². The van der Waals surface area contributed by atoms with Crippen LogP contribution in [-0.2, 0) is 0 Å². The first-order chi connectivity index (χ1) is 8.59. The molecular weight excluding hydrogens is 229 g/mol. The predicted octanol–water partition coefficient (Wildman–Crippen LogP) is 3.52. The fourth-order valence-electron chi connectivity index (χ4n) is 1.86. The molecule has 1 unspecified atom stereocenters. The molecule has 1 heterocycles. The van der Waals surface area contributed by atoms with E-state index in [4.69, 9.17) is 0 Å². The molecule has 2 nitrogen and oxygen atoms in total. The van der Waals surface area contributed by atoms with Crippen molar-refractivity contribution >= 4 is 5.78 Å². The molecule has 0 radical (unpaired) electrons. The van der Waals surface area contributed by atoms with Gasteiger partial charge >= 0.3 is 0 Å². The highest BCUT2D eigenvalue weighted by Crippen LogP contribution is 2.22. The molecule has 0 aliphatic carbocycles. The van der Waals surface area contributed by atoms with Crippen molar-refractivity contribution in [1.29, 1.82) is 0 Å². The number of aromatic nitrogens is 1. The second-order valence-corrected chi connectivity index (χ2v) is 4.35. The van der Waals surface area contributed by atoms with E-state index in [-0.39, 0.29) is 17.3 Å². The quantitative estimate of drug-likeness (QED) is 0.772. The molecule has 0 saturated carbocycles. The van der Waals surface area contributed by atoms with Gasteiger partial charge in [0.15, 0.2) is 5.78 Å². The normalized spacial score (nSPS) is 12.2. The van der Waals surface area contributed by atoms with Gasteiger partial charge in [-0.1, -0.05) is 13.0 Å². The molecule has 0 N–H and O–H groups in total. The molecule has 18 heavy (non-hydrogen) atoms. The fourth-order valence-corrected chi connectivity index (χ4v) is 1.86. The molecule has 2 aromatic rings. The first-order valence-electron chi connectivity index (χ1n) is 5.80. The largest absolute Gasteiger partial charge is 0.293 e. The summed E-state index contributed by atoms with van der Waals surface area (Å²) in [5.74, 6) is -1.04. The number of aryl methyl sites for hydroxylation is 1. The number of halogens is 1. The Balaban J connectivity index is 2.32. The molecule has 0 fully saturated rings. The number of rotatable bonds is 3. The van der Waals surface area contributed by atoms with Crippen molar-refractivity contribution in [1.82, 2.24) is 4.98 Å². The van der Waals surface area contributed by atoms with Crippen molar-refractivity contribution in [3.8, 4) is 0 Å². The van der Waals surface area contributed by atoms with E-state index < -0.39 is 5.82 Å². The Labute approximate surface area is 105 Å². The fraction of sp³-hybridized carbons (Fsp3) is 0.200. The minimum Gasteiger partial charge on any atom is -0.293 e. The van der Waals surface area contributed by atoms with Gasteiger partial charge in [0.05, 0.1) is 5.56 Å². The molecule has 2 rings (SSSR count).